The number of Topliss-reactive ketones (excluding diaryl/α,β-unsaturated/α-hetero) is 1. The van der Waals surface area contributed by atoms with Crippen LogP contribution in [-0.4, -0.2) is 10.9 Å². The zero-order valence-corrected chi connectivity index (χ0v) is 12.6. The number of phenolic OH excluding ortho intramolecular Hbond substituents is 1. The second-order valence-corrected chi connectivity index (χ2v) is 5.30. The SMILES string of the molecule is CC(=O)c1c(O)cc(-c2ccccc2)c(F)c1-c1ccccc1. The molecule has 0 aliphatic carbocycles. The molecule has 0 heterocycles. The summed E-state index contributed by atoms with van der Waals surface area (Å²) in [6.07, 6.45) is 0. The normalized spacial score (nSPS) is 10.5. The molecule has 3 aromatic carbocycles. The number of benzene rings is 3. The van der Waals surface area contributed by atoms with Crippen LogP contribution >= 0.6 is 0 Å². The lowest BCUT2D eigenvalue weighted by molar-refractivity contribution is 0.101. The highest BCUT2D eigenvalue weighted by molar-refractivity contribution is 6.04. The maximum Gasteiger partial charge on any atom is 0.164 e. The fourth-order valence-corrected chi connectivity index (χ4v) is 2.70. The predicted octanol–water partition coefficient (Wildman–Crippen LogP) is 5.07. The topological polar surface area (TPSA) is 37.3 Å². The molecule has 0 aliphatic rings. The Morgan fingerprint density at radius 1 is 0.913 bits per heavy atom. The highest BCUT2D eigenvalue weighted by Gasteiger charge is 2.22. The largest absolute Gasteiger partial charge is 0.507 e. The maximum atomic E-state index is 15.2. The second-order valence-electron chi connectivity index (χ2n) is 5.30. The molecule has 3 heteroatoms. The van der Waals surface area contributed by atoms with Gasteiger partial charge in [0.2, 0.25) is 0 Å². The van der Waals surface area contributed by atoms with Crippen molar-refractivity contribution < 1.29 is 14.3 Å². The molecular weight excluding hydrogens is 291 g/mol. The molecule has 0 atom stereocenters. The summed E-state index contributed by atoms with van der Waals surface area (Å²) in [5.74, 6) is -1.10. The third kappa shape index (κ3) is 2.73. The molecule has 1 N–H and O–H groups in total. The standard InChI is InChI=1S/C20H15FO2/c1-13(22)18-17(23)12-16(14-8-4-2-5-9-14)20(21)19(18)15-10-6-3-7-11-15/h2-12,23H,1H3. The average Bonchev–Trinajstić information content (AvgIpc) is 2.57. The van der Waals surface area contributed by atoms with Crippen molar-refractivity contribution in [3.8, 4) is 28.0 Å². The molecule has 0 bridgehead atoms. The summed E-state index contributed by atoms with van der Waals surface area (Å²) < 4.78 is 15.2. The van der Waals surface area contributed by atoms with E-state index < -0.39 is 5.82 Å². The van der Waals surface area contributed by atoms with E-state index in [0.717, 1.165) is 0 Å². The van der Waals surface area contributed by atoms with Crippen molar-refractivity contribution in [3.63, 3.8) is 0 Å². The van der Waals surface area contributed by atoms with Gasteiger partial charge in [0.25, 0.3) is 0 Å². The molecule has 3 rings (SSSR count). The number of hydrogen-bond acceptors (Lipinski definition) is 2. The fourth-order valence-electron chi connectivity index (χ4n) is 2.70. The van der Waals surface area contributed by atoms with Gasteiger partial charge in [-0.15, -0.1) is 0 Å². The molecule has 2 nitrogen and oxygen atoms in total. The van der Waals surface area contributed by atoms with Crippen LogP contribution in [0.15, 0.2) is 66.7 Å². The Balaban J connectivity index is 2.36. The Bertz CT molecular complexity index is 856. The molecule has 0 saturated heterocycles. The van der Waals surface area contributed by atoms with Crippen LogP contribution in [0.1, 0.15) is 17.3 Å². The minimum atomic E-state index is -0.509. The molecule has 0 spiro atoms. The van der Waals surface area contributed by atoms with Gasteiger partial charge in [0.05, 0.1) is 5.56 Å². The molecule has 0 aromatic heterocycles. The fraction of sp³-hybridized carbons (Fsp3) is 0.0500. The molecular formula is C20H15FO2. The number of ketones is 1. The zero-order valence-electron chi connectivity index (χ0n) is 12.6. The van der Waals surface area contributed by atoms with Gasteiger partial charge in [-0.1, -0.05) is 60.7 Å². The quantitative estimate of drug-likeness (QED) is 0.686. The van der Waals surface area contributed by atoms with Gasteiger partial charge in [0.15, 0.2) is 5.78 Å². The first kappa shape index (κ1) is 15.0. The van der Waals surface area contributed by atoms with Crippen LogP contribution in [-0.2, 0) is 0 Å². The van der Waals surface area contributed by atoms with E-state index in [1.54, 1.807) is 48.5 Å². The van der Waals surface area contributed by atoms with Gasteiger partial charge in [0, 0.05) is 11.1 Å². The van der Waals surface area contributed by atoms with E-state index in [9.17, 15) is 9.90 Å². The molecule has 0 fully saturated rings. The first-order valence-corrected chi connectivity index (χ1v) is 7.27. The summed E-state index contributed by atoms with van der Waals surface area (Å²) in [4.78, 5) is 11.9. The van der Waals surface area contributed by atoms with Crippen molar-refractivity contribution in [2.75, 3.05) is 0 Å². The number of hydrogen-bond donors (Lipinski definition) is 1. The van der Waals surface area contributed by atoms with Crippen molar-refractivity contribution >= 4 is 5.78 Å². The van der Waals surface area contributed by atoms with Crippen LogP contribution in [0, 0.1) is 5.82 Å². The molecule has 23 heavy (non-hydrogen) atoms. The van der Waals surface area contributed by atoms with Crippen LogP contribution in [0.2, 0.25) is 0 Å². The summed E-state index contributed by atoms with van der Waals surface area (Å²) >= 11 is 0. The summed E-state index contributed by atoms with van der Waals surface area (Å²) in [5.41, 5.74) is 1.62. The minimum absolute atomic E-state index is 0.00776. The first-order chi connectivity index (χ1) is 11.1. The lowest BCUT2D eigenvalue weighted by Gasteiger charge is -2.15. The second kappa shape index (κ2) is 6.05. The molecule has 3 aromatic rings. The van der Waals surface area contributed by atoms with Crippen molar-refractivity contribution in [2.45, 2.75) is 6.92 Å². The zero-order chi connectivity index (χ0) is 16.4. The van der Waals surface area contributed by atoms with Gasteiger partial charge >= 0.3 is 0 Å². The molecule has 0 unspecified atom stereocenters. The summed E-state index contributed by atoms with van der Waals surface area (Å²) in [6.45, 7) is 1.32. The Morgan fingerprint density at radius 3 is 1.96 bits per heavy atom. The monoisotopic (exact) mass is 306 g/mol. The third-order valence-corrected chi connectivity index (χ3v) is 3.74. The van der Waals surface area contributed by atoms with Crippen molar-refractivity contribution in [1.82, 2.24) is 0 Å². The number of carbonyl (C=O) groups is 1. The molecule has 0 radical (unpaired) electrons. The highest BCUT2D eigenvalue weighted by Crippen LogP contribution is 2.39. The summed E-state index contributed by atoms with van der Waals surface area (Å²) in [7, 11) is 0. The van der Waals surface area contributed by atoms with E-state index in [1.165, 1.54) is 13.0 Å². The van der Waals surface area contributed by atoms with Crippen LogP contribution in [0.4, 0.5) is 4.39 Å². The van der Waals surface area contributed by atoms with Crippen LogP contribution in [0.25, 0.3) is 22.3 Å². The molecule has 114 valence electrons. The molecule has 0 aliphatic heterocycles. The number of halogens is 1. The molecule has 0 saturated carbocycles. The Morgan fingerprint density at radius 2 is 1.43 bits per heavy atom. The summed E-state index contributed by atoms with van der Waals surface area (Å²) in [6, 6.07) is 19.1. The van der Waals surface area contributed by atoms with Crippen molar-refractivity contribution in [2.24, 2.45) is 0 Å². The Hall–Kier alpha value is -2.94. The average molecular weight is 306 g/mol. The van der Waals surface area contributed by atoms with Crippen LogP contribution < -0.4 is 0 Å². The van der Waals surface area contributed by atoms with Gasteiger partial charge in [-0.2, -0.15) is 0 Å². The summed E-state index contributed by atoms with van der Waals surface area (Å²) in [5, 5.41) is 10.3. The van der Waals surface area contributed by atoms with E-state index in [4.69, 9.17) is 0 Å². The van der Waals surface area contributed by atoms with Gasteiger partial charge in [-0.05, 0) is 24.1 Å². The molecule has 0 amide bonds. The van der Waals surface area contributed by atoms with E-state index in [2.05, 4.69) is 0 Å². The predicted molar refractivity (Wildman–Crippen MR) is 88.9 cm³/mol. The highest BCUT2D eigenvalue weighted by atomic mass is 19.1. The minimum Gasteiger partial charge on any atom is -0.507 e. The van der Waals surface area contributed by atoms with Crippen molar-refractivity contribution in [1.29, 1.82) is 0 Å². The lowest BCUT2D eigenvalue weighted by Crippen LogP contribution is -2.02. The number of aromatic hydroxyl groups is 1. The van der Waals surface area contributed by atoms with E-state index >= 15 is 4.39 Å². The third-order valence-electron chi connectivity index (χ3n) is 3.74. The Kier molecular flexibility index (Phi) is 3.94. The van der Waals surface area contributed by atoms with Crippen LogP contribution in [0.3, 0.4) is 0 Å². The van der Waals surface area contributed by atoms with E-state index in [1.807, 2.05) is 12.1 Å². The van der Waals surface area contributed by atoms with Crippen molar-refractivity contribution in [3.05, 3.63) is 78.1 Å². The van der Waals surface area contributed by atoms with E-state index in [-0.39, 0.29) is 28.2 Å². The maximum absolute atomic E-state index is 15.2. The number of rotatable bonds is 3. The number of phenols is 1. The Labute approximate surface area is 133 Å². The van der Waals surface area contributed by atoms with Gasteiger partial charge in [-0.3, -0.25) is 4.79 Å². The first-order valence-electron chi connectivity index (χ1n) is 7.27. The lowest BCUT2D eigenvalue weighted by atomic mass is 9.91. The van der Waals surface area contributed by atoms with Crippen LogP contribution in [0.5, 0.6) is 5.75 Å². The van der Waals surface area contributed by atoms with Gasteiger partial charge in [-0.25, -0.2) is 4.39 Å². The van der Waals surface area contributed by atoms with Gasteiger partial charge < -0.3 is 5.11 Å². The van der Waals surface area contributed by atoms with Gasteiger partial charge in [0.1, 0.15) is 11.6 Å². The van der Waals surface area contributed by atoms with E-state index in [0.29, 0.717) is 11.1 Å². The smallest absolute Gasteiger partial charge is 0.164 e. The number of carbonyl (C=O) groups excluding carboxylic acids is 1.